The summed E-state index contributed by atoms with van der Waals surface area (Å²) >= 11 is 0. The molecule has 6 nitrogen and oxygen atoms in total. The molecule has 1 heterocycles. The van der Waals surface area contributed by atoms with E-state index in [0.717, 1.165) is 41.7 Å². The fourth-order valence-electron chi connectivity index (χ4n) is 4.66. The molecule has 0 aliphatic carbocycles. The van der Waals surface area contributed by atoms with Gasteiger partial charge < -0.3 is 10.1 Å². The third-order valence-electron chi connectivity index (χ3n) is 6.48. The molecule has 0 aromatic heterocycles. The third-order valence-corrected chi connectivity index (χ3v) is 7.67. The number of hydrogen-bond acceptors (Lipinski definition) is 4. The maximum absolute atomic E-state index is 12.9. The minimum absolute atomic E-state index is 0.0771. The van der Waals surface area contributed by atoms with Crippen molar-refractivity contribution >= 4 is 21.6 Å². The van der Waals surface area contributed by atoms with Gasteiger partial charge in [0.2, 0.25) is 15.9 Å². The molecule has 2 aromatic rings. The summed E-state index contributed by atoms with van der Waals surface area (Å²) in [6, 6.07) is 13.5. The van der Waals surface area contributed by atoms with Crippen LogP contribution in [0.1, 0.15) is 68.7 Å². The lowest BCUT2D eigenvalue weighted by Crippen LogP contribution is -2.44. The van der Waals surface area contributed by atoms with Gasteiger partial charge >= 0.3 is 0 Å². The first-order valence-corrected chi connectivity index (χ1v) is 13.5. The van der Waals surface area contributed by atoms with E-state index < -0.39 is 10.0 Å². The van der Waals surface area contributed by atoms with Crippen LogP contribution in [-0.2, 0) is 14.8 Å². The molecule has 180 valence electrons. The van der Waals surface area contributed by atoms with Gasteiger partial charge in [-0.1, -0.05) is 38.1 Å². The lowest BCUT2D eigenvalue weighted by atomic mass is 9.83. The molecular weight excluding hydrogens is 436 g/mol. The molecule has 0 unspecified atom stereocenters. The number of rotatable bonds is 9. The molecule has 0 spiro atoms. The molecule has 1 amide bonds. The molecular formula is C26H36N2O4S. The summed E-state index contributed by atoms with van der Waals surface area (Å²) in [4.78, 5) is 12.9. The number of carbonyl (C=O) groups excluding carboxylic acids is 1. The Morgan fingerprint density at radius 2 is 1.76 bits per heavy atom. The second-order valence-electron chi connectivity index (χ2n) is 9.14. The van der Waals surface area contributed by atoms with E-state index in [0.29, 0.717) is 12.1 Å². The highest BCUT2D eigenvalue weighted by atomic mass is 32.2. The fourth-order valence-corrected chi connectivity index (χ4v) is 5.61. The Hall–Kier alpha value is -2.54. The van der Waals surface area contributed by atoms with Gasteiger partial charge in [-0.3, -0.25) is 9.10 Å². The van der Waals surface area contributed by atoms with Crippen molar-refractivity contribution in [3.8, 4) is 5.75 Å². The Labute approximate surface area is 198 Å². The van der Waals surface area contributed by atoms with Crippen molar-refractivity contribution in [2.75, 3.05) is 17.1 Å². The second kappa shape index (κ2) is 10.2. The zero-order chi connectivity index (χ0) is 24.2. The number of para-hydroxylation sites is 1. The summed E-state index contributed by atoms with van der Waals surface area (Å²) in [6.45, 7) is 8.38. The van der Waals surface area contributed by atoms with Crippen molar-refractivity contribution in [2.45, 2.75) is 71.4 Å². The van der Waals surface area contributed by atoms with E-state index in [-0.39, 0.29) is 30.5 Å². The van der Waals surface area contributed by atoms with Gasteiger partial charge in [-0.25, -0.2) is 8.42 Å². The average molecular weight is 473 g/mol. The lowest BCUT2D eigenvalue weighted by Gasteiger charge is -2.41. The normalized spacial score (nSPS) is 17.1. The number of anilines is 1. The molecule has 7 heteroatoms. The molecule has 3 rings (SSSR count). The topological polar surface area (TPSA) is 75.7 Å². The first-order chi connectivity index (χ1) is 15.6. The Bertz CT molecular complexity index is 1070. The van der Waals surface area contributed by atoms with Gasteiger partial charge in [0, 0.05) is 24.9 Å². The van der Waals surface area contributed by atoms with Crippen LogP contribution in [0.4, 0.5) is 5.69 Å². The first kappa shape index (κ1) is 25.1. The van der Waals surface area contributed by atoms with E-state index >= 15 is 0 Å². The van der Waals surface area contributed by atoms with Crippen LogP contribution in [0.5, 0.6) is 5.75 Å². The van der Waals surface area contributed by atoms with Crippen LogP contribution in [0.2, 0.25) is 0 Å². The van der Waals surface area contributed by atoms with Crippen molar-refractivity contribution in [2.24, 2.45) is 0 Å². The summed E-state index contributed by atoms with van der Waals surface area (Å²) in [7, 11) is -3.45. The number of nitrogens with one attached hydrogen (secondary N) is 1. The number of aryl methyl sites for hydroxylation is 2. The van der Waals surface area contributed by atoms with Gasteiger partial charge in [0.1, 0.15) is 11.4 Å². The smallest absolute Gasteiger partial charge is 0.232 e. The van der Waals surface area contributed by atoms with Crippen LogP contribution < -0.4 is 14.4 Å². The second-order valence-corrected chi connectivity index (χ2v) is 11.0. The number of ether oxygens (including phenoxy) is 1. The summed E-state index contributed by atoms with van der Waals surface area (Å²) in [5.74, 6) is 0.752. The highest BCUT2D eigenvalue weighted by molar-refractivity contribution is 7.92. The van der Waals surface area contributed by atoms with Crippen molar-refractivity contribution in [3.63, 3.8) is 0 Å². The number of amides is 1. The van der Waals surface area contributed by atoms with E-state index in [9.17, 15) is 13.2 Å². The van der Waals surface area contributed by atoms with Crippen molar-refractivity contribution < 1.29 is 17.9 Å². The van der Waals surface area contributed by atoms with E-state index in [1.165, 1.54) is 10.6 Å². The predicted molar refractivity (Wildman–Crippen MR) is 133 cm³/mol. The summed E-state index contributed by atoms with van der Waals surface area (Å²) in [6.07, 6.45) is 4.34. The van der Waals surface area contributed by atoms with E-state index in [4.69, 9.17) is 4.74 Å². The molecule has 0 saturated heterocycles. The van der Waals surface area contributed by atoms with Gasteiger partial charge in [0.25, 0.3) is 0 Å². The zero-order valence-corrected chi connectivity index (χ0v) is 21.2. The molecule has 2 aromatic carbocycles. The van der Waals surface area contributed by atoms with Gasteiger partial charge in [-0.15, -0.1) is 0 Å². The Balaban J connectivity index is 1.68. The third kappa shape index (κ3) is 6.08. The number of benzene rings is 2. The van der Waals surface area contributed by atoms with Crippen LogP contribution >= 0.6 is 0 Å². The van der Waals surface area contributed by atoms with Crippen molar-refractivity contribution in [1.82, 2.24) is 5.32 Å². The van der Waals surface area contributed by atoms with Crippen molar-refractivity contribution in [1.29, 1.82) is 0 Å². The van der Waals surface area contributed by atoms with Crippen LogP contribution in [0, 0.1) is 13.8 Å². The number of fused-ring (bicyclic) bond motifs is 1. The van der Waals surface area contributed by atoms with Gasteiger partial charge in [0.15, 0.2) is 0 Å². The average Bonchev–Trinajstić information content (AvgIpc) is 2.75. The van der Waals surface area contributed by atoms with Gasteiger partial charge in [0.05, 0.1) is 18.0 Å². The standard InChI is InChI=1S/C26H36N2O4S/c1-6-26(7-2)18-23(22-11-8-9-12-24(22)32-26)27-25(29)13-10-14-28(33(5,30)31)21-16-19(3)15-20(4)17-21/h8-9,11-12,15-17,23H,6-7,10,13-14,18H2,1-5H3,(H,27,29)/t23-/m0/s1. The molecule has 0 saturated carbocycles. The van der Waals surface area contributed by atoms with Crippen LogP contribution in [0.3, 0.4) is 0 Å². The minimum atomic E-state index is -3.45. The van der Waals surface area contributed by atoms with E-state index in [1.807, 2.05) is 56.3 Å². The quantitative estimate of drug-likeness (QED) is 0.554. The molecule has 0 bridgehead atoms. The van der Waals surface area contributed by atoms with Gasteiger partial charge in [-0.2, -0.15) is 0 Å². The molecule has 1 aliphatic rings. The molecule has 1 aliphatic heterocycles. The van der Waals surface area contributed by atoms with Crippen LogP contribution in [-0.4, -0.2) is 32.7 Å². The molecule has 33 heavy (non-hydrogen) atoms. The van der Waals surface area contributed by atoms with E-state index in [1.54, 1.807) is 0 Å². The summed E-state index contributed by atoms with van der Waals surface area (Å²) in [5.41, 5.74) is 3.36. The number of sulfonamides is 1. The van der Waals surface area contributed by atoms with E-state index in [2.05, 4.69) is 19.2 Å². The van der Waals surface area contributed by atoms with Crippen LogP contribution in [0.25, 0.3) is 0 Å². The molecule has 1 atom stereocenters. The molecule has 1 N–H and O–H groups in total. The minimum Gasteiger partial charge on any atom is -0.487 e. The zero-order valence-electron chi connectivity index (χ0n) is 20.3. The highest BCUT2D eigenvalue weighted by Gasteiger charge is 2.38. The molecule has 0 radical (unpaired) electrons. The van der Waals surface area contributed by atoms with Gasteiger partial charge in [-0.05, 0) is 62.4 Å². The highest BCUT2D eigenvalue weighted by Crippen LogP contribution is 2.42. The largest absolute Gasteiger partial charge is 0.487 e. The number of carbonyl (C=O) groups is 1. The number of hydrogen-bond donors (Lipinski definition) is 1. The molecule has 0 fully saturated rings. The monoisotopic (exact) mass is 472 g/mol. The van der Waals surface area contributed by atoms with Crippen molar-refractivity contribution in [3.05, 3.63) is 59.2 Å². The Morgan fingerprint density at radius 1 is 1.12 bits per heavy atom. The fraction of sp³-hybridized carbons (Fsp3) is 0.500. The maximum Gasteiger partial charge on any atom is 0.232 e. The Kier molecular flexibility index (Phi) is 7.73. The SMILES string of the molecule is CCC1(CC)C[C@H](NC(=O)CCCN(c2cc(C)cc(C)c2)S(C)(=O)=O)c2ccccc2O1. The first-order valence-electron chi connectivity index (χ1n) is 11.7. The number of nitrogens with zero attached hydrogens (tertiary/aromatic N) is 1. The summed E-state index contributed by atoms with van der Waals surface area (Å²) in [5, 5.41) is 3.18. The maximum atomic E-state index is 12.9. The summed E-state index contributed by atoms with van der Waals surface area (Å²) < 4.78 is 32.6. The lowest BCUT2D eigenvalue weighted by molar-refractivity contribution is -0.122. The predicted octanol–water partition coefficient (Wildman–Crippen LogP) is 5.05. The van der Waals surface area contributed by atoms with Crippen LogP contribution in [0.15, 0.2) is 42.5 Å². The Morgan fingerprint density at radius 3 is 2.36 bits per heavy atom.